The molecule has 0 aliphatic rings. The zero-order valence-corrected chi connectivity index (χ0v) is 9.08. The van der Waals surface area contributed by atoms with E-state index in [-0.39, 0.29) is 18.7 Å². The summed E-state index contributed by atoms with van der Waals surface area (Å²) in [6.07, 6.45) is 0. The summed E-state index contributed by atoms with van der Waals surface area (Å²) < 4.78 is 0. The highest BCUT2D eigenvalue weighted by Gasteiger charge is 2.05. The molecule has 5 heteroatoms. The number of aliphatic hydroxyl groups excluding tert-OH is 1. The lowest BCUT2D eigenvalue weighted by Gasteiger charge is -2.11. The van der Waals surface area contributed by atoms with Gasteiger partial charge in [-0.15, -0.1) is 0 Å². The van der Waals surface area contributed by atoms with E-state index in [1.165, 1.54) is 0 Å². The van der Waals surface area contributed by atoms with Crippen molar-refractivity contribution in [2.24, 2.45) is 0 Å². The zero-order chi connectivity index (χ0) is 11.3. The molecule has 0 heterocycles. The normalized spacial score (nSPS) is 11.9. The van der Waals surface area contributed by atoms with Crippen LogP contribution in [0.2, 0.25) is 5.02 Å². The third kappa shape index (κ3) is 4.18. The molecule has 0 saturated carbocycles. The summed E-state index contributed by atoms with van der Waals surface area (Å²) in [5.41, 5.74) is 0.616. The summed E-state index contributed by atoms with van der Waals surface area (Å²) in [6.45, 7) is 1.61. The van der Waals surface area contributed by atoms with E-state index in [0.29, 0.717) is 10.7 Å². The fourth-order valence-corrected chi connectivity index (χ4v) is 1.19. The van der Waals surface area contributed by atoms with E-state index in [9.17, 15) is 4.79 Å². The molecule has 0 radical (unpaired) electrons. The van der Waals surface area contributed by atoms with Crippen molar-refractivity contribution in [1.29, 1.82) is 0 Å². The lowest BCUT2D eigenvalue weighted by molar-refractivity contribution is 0.229. The van der Waals surface area contributed by atoms with Gasteiger partial charge in [-0.05, 0) is 25.1 Å². The lowest BCUT2D eigenvalue weighted by atomic mass is 10.3. The van der Waals surface area contributed by atoms with Gasteiger partial charge in [0.15, 0.2) is 0 Å². The minimum atomic E-state index is -0.362. The van der Waals surface area contributed by atoms with Crippen LogP contribution in [0.1, 0.15) is 6.92 Å². The Kier molecular flexibility index (Phi) is 4.39. The van der Waals surface area contributed by atoms with Gasteiger partial charge in [0.05, 0.1) is 12.6 Å². The first-order valence-electron chi connectivity index (χ1n) is 4.55. The fourth-order valence-electron chi connectivity index (χ4n) is 1.00. The number of benzene rings is 1. The topological polar surface area (TPSA) is 61.4 Å². The molecule has 0 spiro atoms. The van der Waals surface area contributed by atoms with E-state index in [0.717, 1.165) is 0 Å². The molecule has 0 saturated heterocycles. The number of urea groups is 1. The van der Waals surface area contributed by atoms with Gasteiger partial charge in [-0.3, -0.25) is 0 Å². The average molecular weight is 229 g/mol. The number of hydrogen-bond acceptors (Lipinski definition) is 2. The second-order valence-electron chi connectivity index (χ2n) is 3.19. The highest BCUT2D eigenvalue weighted by molar-refractivity contribution is 6.30. The van der Waals surface area contributed by atoms with E-state index in [1.807, 2.05) is 0 Å². The van der Waals surface area contributed by atoms with Crippen molar-refractivity contribution >= 4 is 23.3 Å². The van der Waals surface area contributed by atoms with Crippen molar-refractivity contribution in [3.05, 3.63) is 29.3 Å². The van der Waals surface area contributed by atoms with E-state index < -0.39 is 0 Å². The highest BCUT2D eigenvalue weighted by Crippen LogP contribution is 2.14. The Morgan fingerprint density at radius 2 is 2.33 bits per heavy atom. The van der Waals surface area contributed by atoms with Crippen LogP contribution in [0.15, 0.2) is 24.3 Å². The Labute approximate surface area is 93.2 Å². The number of carbonyl (C=O) groups is 1. The van der Waals surface area contributed by atoms with Gasteiger partial charge in [-0.2, -0.15) is 0 Å². The van der Waals surface area contributed by atoms with Crippen LogP contribution in [0.5, 0.6) is 0 Å². The van der Waals surface area contributed by atoms with Gasteiger partial charge >= 0.3 is 6.03 Å². The molecule has 4 nitrogen and oxygen atoms in total. The minimum absolute atomic E-state index is 0.0943. The van der Waals surface area contributed by atoms with Crippen molar-refractivity contribution in [3.63, 3.8) is 0 Å². The van der Waals surface area contributed by atoms with E-state index in [4.69, 9.17) is 16.7 Å². The average Bonchev–Trinajstić information content (AvgIpc) is 2.17. The molecule has 15 heavy (non-hydrogen) atoms. The molecule has 82 valence electrons. The number of halogens is 1. The van der Waals surface area contributed by atoms with Crippen LogP contribution in [-0.2, 0) is 0 Å². The summed E-state index contributed by atoms with van der Waals surface area (Å²) in [5, 5.41) is 14.4. The molecule has 1 aromatic rings. The summed E-state index contributed by atoms with van der Waals surface area (Å²) >= 11 is 5.75. The van der Waals surface area contributed by atoms with Gasteiger partial charge in [0.1, 0.15) is 0 Å². The van der Waals surface area contributed by atoms with Gasteiger partial charge in [-0.25, -0.2) is 4.79 Å². The first-order valence-corrected chi connectivity index (χ1v) is 4.93. The standard InChI is InChI=1S/C10H13ClN2O2/c1-7(6-14)12-10(15)13-9-4-2-3-8(11)5-9/h2-5,7,14H,6H2,1H3,(H2,12,13,15)/t7-/m0/s1. The van der Waals surface area contributed by atoms with Gasteiger partial charge < -0.3 is 15.7 Å². The number of rotatable bonds is 3. The molecule has 3 N–H and O–H groups in total. The zero-order valence-electron chi connectivity index (χ0n) is 8.33. The fraction of sp³-hybridized carbons (Fsp3) is 0.300. The van der Waals surface area contributed by atoms with Gasteiger partial charge in [-0.1, -0.05) is 17.7 Å². The van der Waals surface area contributed by atoms with Crippen LogP contribution in [-0.4, -0.2) is 23.8 Å². The van der Waals surface area contributed by atoms with Gasteiger partial charge in [0.2, 0.25) is 0 Å². The molecule has 0 aliphatic heterocycles. The van der Waals surface area contributed by atoms with Crippen LogP contribution in [0.25, 0.3) is 0 Å². The summed E-state index contributed by atoms with van der Waals surface area (Å²) in [4.78, 5) is 11.3. The highest BCUT2D eigenvalue weighted by atomic mass is 35.5. The van der Waals surface area contributed by atoms with E-state index in [2.05, 4.69) is 10.6 Å². The molecule has 0 aromatic heterocycles. The second kappa shape index (κ2) is 5.58. The van der Waals surface area contributed by atoms with Crippen LogP contribution in [0.3, 0.4) is 0 Å². The predicted octanol–water partition coefficient (Wildman–Crippen LogP) is 1.84. The maximum atomic E-state index is 11.3. The first-order chi connectivity index (χ1) is 7.11. The Balaban J connectivity index is 2.51. The second-order valence-corrected chi connectivity index (χ2v) is 3.63. The number of hydrogen-bond donors (Lipinski definition) is 3. The van der Waals surface area contributed by atoms with Crippen LogP contribution in [0.4, 0.5) is 10.5 Å². The Morgan fingerprint density at radius 3 is 2.93 bits per heavy atom. The number of nitrogens with one attached hydrogen (secondary N) is 2. The van der Waals surface area contributed by atoms with Crippen molar-refractivity contribution in [1.82, 2.24) is 5.32 Å². The molecule has 0 bridgehead atoms. The molecular formula is C10H13ClN2O2. The van der Waals surface area contributed by atoms with Gasteiger partial charge in [0.25, 0.3) is 0 Å². The van der Waals surface area contributed by atoms with Crippen LogP contribution in [0, 0.1) is 0 Å². The van der Waals surface area contributed by atoms with Crippen LogP contribution < -0.4 is 10.6 Å². The SMILES string of the molecule is C[C@@H](CO)NC(=O)Nc1cccc(Cl)c1. The smallest absolute Gasteiger partial charge is 0.319 e. The van der Waals surface area contributed by atoms with Crippen molar-refractivity contribution in [2.75, 3.05) is 11.9 Å². The third-order valence-corrected chi connectivity index (χ3v) is 1.97. The van der Waals surface area contributed by atoms with Crippen LogP contribution >= 0.6 is 11.6 Å². The molecule has 0 unspecified atom stereocenters. The number of carbonyl (C=O) groups excluding carboxylic acids is 1. The number of aliphatic hydroxyl groups is 1. The third-order valence-electron chi connectivity index (χ3n) is 1.73. The monoisotopic (exact) mass is 228 g/mol. The maximum absolute atomic E-state index is 11.3. The first kappa shape index (κ1) is 11.8. The molecular weight excluding hydrogens is 216 g/mol. The summed E-state index contributed by atoms with van der Waals surface area (Å²) in [6, 6.07) is 6.21. The maximum Gasteiger partial charge on any atom is 0.319 e. The largest absolute Gasteiger partial charge is 0.394 e. The summed E-state index contributed by atoms with van der Waals surface area (Å²) in [5.74, 6) is 0. The number of anilines is 1. The van der Waals surface area contributed by atoms with Crippen molar-refractivity contribution < 1.29 is 9.90 Å². The Morgan fingerprint density at radius 1 is 1.60 bits per heavy atom. The molecule has 2 amide bonds. The predicted molar refractivity (Wildman–Crippen MR) is 60.2 cm³/mol. The van der Waals surface area contributed by atoms with E-state index >= 15 is 0 Å². The van der Waals surface area contributed by atoms with Crippen molar-refractivity contribution in [2.45, 2.75) is 13.0 Å². The van der Waals surface area contributed by atoms with Gasteiger partial charge in [0, 0.05) is 10.7 Å². The minimum Gasteiger partial charge on any atom is -0.394 e. The molecule has 1 atom stereocenters. The molecule has 1 aromatic carbocycles. The molecule has 0 aliphatic carbocycles. The Hall–Kier alpha value is -1.26. The lowest BCUT2D eigenvalue weighted by Crippen LogP contribution is -2.38. The quantitative estimate of drug-likeness (QED) is 0.739. The molecule has 1 rings (SSSR count). The molecule has 0 fully saturated rings. The summed E-state index contributed by atoms with van der Waals surface area (Å²) in [7, 11) is 0. The Bertz CT molecular complexity index is 344. The van der Waals surface area contributed by atoms with E-state index in [1.54, 1.807) is 31.2 Å². The number of amides is 2. The van der Waals surface area contributed by atoms with Crippen molar-refractivity contribution in [3.8, 4) is 0 Å².